The topological polar surface area (TPSA) is 94.2 Å². The number of primary amides is 1. The summed E-state index contributed by atoms with van der Waals surface area (Å²) in [5.41, 5.74) is 8.31. The molecular weight excluding hydrogens is 354 g/mol. The summed E-state index contributed by atoms with van der Waals surface area (Å²) in [6, 6.07) is 11.3. The van der Waals surface area contributed by atoms with Crippen LogP contribution in [0.4, 0.5) is 5.82 Å². The number of fused-ring (bicyclic) bond motifs is 1. The molecule has 0 unspecified atom stereocenters. The van der Waals surface area contributed by atoms with Crippen molar-refractivity contribution >= 4 is 22.8 Å². The van der Waals surface area contributed by atoms with Crippen molar-refractivity contribution < 1.29 is 9.53 Å². The minimum absolute atomic E-state index is 0.220. The number of ether oxygens (including phenoxy) is 1. The van der Waals surface area contributed by atoms with Crippen molar-refractivity contribution in [2.75, 3.05) is 24.6 Å². The molecule has 3 heterocycles. The molecule has 7 heteroatoms. The molecule has 144 valence electrons. The third-order valence-corrected chi connectivity index (χ3v) is 5.10. The lowest BCUT2D eigenvalue weighted by molar-refractivity contribution is 0.0995. The van der Waals surface area contributed by atoms with Crippen molar-refractivity contribution in [2.24, 2.45) is 11.7 Å². The average Bonchev–Trinajstić information content (AvgIpc) is 2.72. The smallest absolute Gasteiger partial charge is 0.267 e. The zero-order valence-electron chi connectivity index (χ0n) is 15.8. The van der Waals surface area contributed by atoms with E-state index in [1.54, 1.807) is 18.3 Å². The predicted molar refractivity (Wildman–Crippen MR) is 107 cm³/mol. The Bertz CT molecular complexity index is 999. The Hall–Kier alpha value is -3.22. The van der Waals surface area contributed by atoms with Crippen LogP contribution in [0.15, 0.2) is 42.6 Å². The molecular formula is C21H23N5O2. The van der Waals surface area contributed by atoms with Crippen LogP contribution in [0.3, 0.4) is 0 Å². The second-order valence-corrected chi connectivity index (χ2v) is 7.10. The minimum Gasteiger partial charge on any atom is -0.493 e. The van der Waals surface area contributed by atoms with Gasteiger partial charge in [-0.05, 0) is 43.9 Å². The van der Waals surface area contributed by atoms with Gasteiger partial charge in [-0.15, -0.1) is 0 Å². The van der Waals surface area contributed by atoms with Gasteiger partial charge in [0, 0.05) is 25.4 Å². The SMILES string of the molecule is Cc1nc2ccccc2nc1N1CCC(COc2ccnc(C(N)=O)c2)CC1. The number of amides is 1. The Kier molecular flexibility index (Phi) is 5.06. The number of para-hydroxylation sites is 2. The Morgan fingerprint density at radius 2 is 1.89 bits per heavy atom. The second-order valence-electron chi connectivity index (χ2n) is 7.10. The molecule has 1 saturated heterocycles. The van der Waals surface area contributed by atoms with Crippen molar-refractivity contribution in [2.45, 2.75) is 19.8 Å². The van der Waals surface area contributed by atoms with E-state index in [9.17, 15) is 4.79 Å². The highest BCUT2D eigenvalue weighted by atomic mass is 16.5. The highest BCUT2D eigenvalue weighted by Crippen LogP contribution is 2.26. The maximum absolute atomic E-state index is 11.2. The van der Waals surface area contributed by atoms with E-state index in [2.05, 4.69) is 9.88 Å². The van der Waals surface area contributed by atoms with Gasteiger partial charge in [0.05, 0.1) is 23.3 Å². The van der Waals surface area contributed by atoms with E-state index in [0.717, 1.165) is 48.5 Å². The fraction of sp³-hybridized carbons (Fsp3) is 0.333. The fourth-order valence-corrected chi connectivity index (χ4v) is 3.54. The second kappa shape index (κ2) is 7.80. The molecule has 0 atom stereocenters. The lowest BCUT2D eigenvalue weighted by atomic mass is 9.97. The van der Waals surface area contributed by atoms with E-state index >= 15 is 0 Å². The molecule has 0 spiro atoms. The third-order valence-electron chi connectivity index (χ3n) is 5.10. The molecule has 3 aromatic rings. The first kappa shape index (κ1) is 18.2. The maximum Gasteiger partial charge on any atom is 0.267 e. The van der Waals surface area contributed by atoms with Gasteiger partial charge in [0.2, 0.25) is 0 Å². The normalized spacial score (nSPS) is 15.0. The summed E-state index contributed by atoms with van der Waals surface area (Å²) >= 11 is 0. The predicted octanol–water partition coefficient (Wildman–Crippen LogP) is 2.73. The summed E-state index contributed by atoms with van der Waals surface area (Å²) in [6.07, 6.45) is 3.57. The van der Waals surface area contributed by atoms with Crippen molar-refractivity contribution in [3.05, 3.63) is 54.0 Å². The Balaban J connectivity index is 1.37. The van der Waals surface area contributed by atoms with Gasteiger partial charge in [0.25, 0.3) is 5.91 Å². The molecule has 1 amide bonds. The number of hydrogen-bond acceptors (Lipinski definition) is 6. The third kappa shape index (κ3) is 3.88. The molecule has 28 heavy (non-hydrogen) atoms. The molecule has 4 rings (SSSR count). The van der Waals surface area contributed by atoms with Gasteiger partial charge >= 0.3 is 0 Å². The standard InChI is InChI=1S/C21H23N5O2/c1-14-21(25-18-5-3-2-4-17(18)24-14)26-10-7-15(8-11-26)13-28-16-6-9-23-19(12-16)20(22)27/h2-6,9,12,15H,7-8,10-11,13H2,1H3,(H2,22,27). The molecule has 2 N–H and O–H groups in total. The van der Waals surface area contributed by atoms with Crippen molar-refractivity contribution in [3.8, 4) is 5.75 Å². The van der Waals surface area contributed by atoms with Gasteiger partial charge in [-0.2, -0.15) is 0 Å². The molecule has 0 saturated carbocycles. The van der Waals surface area contributed by atoms with Crippen LogP contribution in [0.1, 0.15) is 29.0 Å². The van der Waals surface area contributed by atoms with Gasteiger partial charge in [-0.3, -0.25) is 9.78 Å². The summed E-state index contributed by atoms with van der Waals surface area (Å²) in [6.45, 7) is 4.47. The quantitative estimate of drug-likeness (QED) is 0.735. The number of anilines is 1. The van der Waals surface area contributed by atoms with Crippen molar-refractivity contribution in [3.63, 3.8) is 0 Å². The lowest BCUT2D eigenvalue weighted by Gasteiger charge is -2.33. The van der Waals surface area contributed by atoms with E-state index in [-0.39, 0.29) is 5.69 Å². The molecule has 1 aliphatic heterocycles. The number of aryl methyl sites for hydroxylation is 1. The fourth-order valence-electron chi connectivity index (χ4n) is 3.54. The van der Waals surface area contributed by atoms with Gasteiger partial charge in [0.1, 0.15) is 11.4 Å². The average molecular weight is 377 g/mol. The Morgan fingerprint density at radius 1 is 1.18 bits per heavy atom. The number of carbonyl (C=O) groups excluding carboxylic acids is 1. The van der Waals surface area contributed by atoms with Gasteiger partial charge in [-0.1, -0.05) is 12.1 Å². The van der Waals surface area contributed by atoms with Crippen LogP contribution in [-0.4, -0.2) is 40.6 Å². The molecule has 7 nitrogen and oxygen atoms in total. The van der Waals surface area contributed by atoms with Crippen LogP contribution in [0.25, 0.3) is 11.0 Å². The summed E-state index contributed by atoms with van der Waals surface area (Å²) < 4.78 is 5.86. The number of nitrogens with two attached hydrogens (primary N) is 1. The number of pyridine rings is 1. The van der Waals surface area contributed by atoms with E-state index in [4.69, 9.17) is 20.4 Å². The van der Waals surface area contributed by atoms with E-state index < -0.39 is 5.91 Å². The molecule has 0 bridgehead atoms. The van der Waals surface area contributed by atoms with E-state index in [0.29, 0.717) is 18.3 Å². The first-order valence-corrected chi connectivity index (χ1v) is 9.47. The first-order valence-electron chi connectivity index (χ1n) is 9.47. The largest absolute Gasteiger partial charge is 0.493 e. The first-order chi connectivity index (χ1) is 13.6. The minimum atomic E-state index is -0.550. The summed E-state index contributed by atoms with van der Waals surface area (Å²) in [7, 11) is 0. The van der Waals surface area contributed by atoms with Crippen LogP contribution < -0.4 is 15.4 Å². The van der Waals surface area contributed by atoms with Crippen LogP contribution in [0.5, 0.6) is 5.75 Å². The number of hydrogen-bond donors (Lipinski definition) is 1. The van der Waals surface area contributed by atoms with Crippen molar-refractivity contribution in [1.82, 2.24) is 15.0 Å². The molecule has 1 fully saturated rings. The molecule has 2 aromatic heterocycles. The van der Waals surface area contributed by atoms with Crippen LogP contribution in [0.2, 0.25) is 0 Å². The Labute approximate surface area is 163 Å². The summed E-state index contributed by atoms with van der Waals surface area (Å²) in [4.78, 5) is 27.0. The number of carbonyl (C=O) groups is 1. The Morgan fingerprint density at radius 3 is 2.61 bits per heavy atom. The summed E-state index contributed by atoms with van der Waals surface area (Å²) in [5, 5.41) is 0. The monoisotopic (exact) mass is 377 g/mol. The lowest BCUT2D eigenvalue weighted by Crippen LogP contribution is -2.36. The molecule has 1 aromatic carbocycles. The molecule has 1 aliphatic rings. The van der Waals surface area contributed by atoms with Crippen LogP contribution in [0, 0.1) is 12.8 Å². The molecule has 0 aliphatic carbocycles. The van der Waals surface area contributed by atoms with Gasteiger partial charge in [-0.25, -0.2) is 9.97 Å². The van der Waals surface area contributed by atoms with Gasteiger partial charge in [0.15, 0.2) is 5.82 Å². The number of nitrogens with zero attached hydrogens (tertiary/aromatic N) is 4. The number of rotatable bonds is 5. The van der Waals surface area contributed by atoms with Gasteiger partial charge < -0.3 is 15.4 Å². The zero-order chi connectivity index (χ0) is 19.5. The highest BCUT2D eigenvalue weighted by molar-refractivity contribution is 5.91. The maximum atomic E-state index is 11.2. The molecule has 0 radical (unpaired) electrons. The zero-order valence-corrected chi connectivity index (χ0v) is 15.8. The van der Waals surface area contributed by atoms with Crippen molar-refractivity contribution in [1.29, 1.82) is 0 Å². The number of benzene rings is 1. The van der Waals surface area contributed by atoms with E-state index in [1.807, 2.05) is 31.2 Å². The number of piperidine rings is 1. The summed E-state index contributed by atoms with van der Waals surface area (Å²) in [5.74, 6) is 1.50. The highest BCUT2D eigenvalue weighted by Gasteiger charge is 2.22. The number of aromatic nitrogens is 3. The van der Waals surface area contributed by atoms with Crippen LogP contribution in [-0.2, 0) is 0 Å². The van der Waals surface area contributed by atoms with Crippen LogP contribution >= 0.6 is 0 Å². The van der Waals surface area contributed by atoms with E-state index in [1.165, 1.54) is 0 Å².